The predicted octanol–water partition coefficient (Wildman–Crippen LogP) is 3.17. The van der Waals surface area contributed by atoms with E-state index in [0.29, 0.717) is 13.1 Å². The topological polar surface area (TPSA) is 49.4 Å². The minimum Gasteiger partial charge on any atom is -0.340 e. The Kier molecular flexibility index (Phi) is 5.35. The lowest BCUT2D eigenvalue weighted by atomic mass is 9.97. The third-order valence-electron chi connectivity index (χ3n) is 4.78. The number of halogens is 1. The van der Waals surface area contributed by atoms with Crippen LogP contribution in [-0.4, -0.2) is 29.3 Å². The number of nitrogens with one attached hydrogen (secondary N) is 1. The van der Waals surface area contributed by atoms with E-state index < -0.39 is 17.8 Å². The first-order valence-corrected chi connectivity index (χ1v) is 8.88. The Balaban J connectivity index is 1.75. The molecule has 26 heavy (non-hydrogen) atoms. The number of rotatable bonds is 4. The van der Waals surface area contributed by atoms with Crippen molar-refractivity contribution in [2.24, 2.45) is 5.92 Å². The average Bonchev–Trinajstić information content (AvgIpc) is 2.65. The van der Waals surface area contributed by atoms with Gasteiger partial charge < -0.3 is 10.2 Å². The molecule has 1 N–H and O–H groups in total. The van der Waals surface area contributed by atoms with Gasteiger partial charge in [0.2, 0.25) is 5.91 Å². The molecule has 136 valence electrons. The number of nitrogens with zero attached hydrogens (tertiary/aromatic N) is 1. The molecule has 0 radical (unpaired) electrons. The molecule has 1 heterocycles. The first-order chi connectivity index (χ1) is 12.5. The second-order valence-electron chi connectivity index (χ2n) is 6.95. The molecule has 2 aromatic carbocycles. The van der Waals surface area contributed by atoms with Gasteiger partial charge in [0.1, 0.15) is 11.9 Å². The normalized spacial score (nSPS) is 14.7. The Labute approximate surface area is 153 Å². The fraction of sp³-hybridized carbons (Fsp3) is 0.333. The highest BCUT2D eigenvalue weighted by atomic mass is 19.1. The molecule has 1 aliphatic heterocycles. The van der Waals surface area contributed by atoms with Gasteiger partial charge in [-0.05, 0) is 35.6 Å². The molecule has 0 fully saturated rings. The van der Waals surface area contributed by atoms with Crippen LogP contribution in [0.3, 0.4) is 0 Å². The van der Waals surface area contributed by atoms with Crippen molar-refractivity contribution in [1.82, 2.24) is 10.2 Å². The van der Waals surface area contributed by atoms with Crippen LogP contribution in [0, 0.1) is 11.7 Å². The maximum Gasteiger partial charge on any atom is 0.254 e. The van der Waals surface area contributed by atoms with E-state index in [9.17, 15) is 14.0 Å². The highest BCUT2D eigenvalue weighted by Crippen LogP contribution is 2.20. The molecule has 4 nitrogen and oxygen atoms in total. The molecule has 0 saturated carbocycles. The van der Waals surface area contributed by atoms with Crippen molar-refractivity contribution in [1.29, 1.82) is 0 Å². The minimum atomic E-state index is -0.688. The van der Waals surface area contributed by atoms with Crippen molar-refractivity contribution in [2.75, 3.05) is 6.54 Å². The van der Waals surface area contributed by atoms with Crippen LogP contribution in [-0.2, 0) is 17.8 Å². The summed E-state index contributed by atoms with van der Waals surface area (Å²) in [5.74, 6) is -1.38. The molecule has 0 spiro atoms. The van der Waals surface area contributed by atoms with E-state index in [1.165, 1.54) is 23.8 Å². The summed E-state index contributed by atoms with van der Waals surface area (Å²) in [6, 6.07) is 13.2. The van der Waals surface area contributed by atoms with Crippen molar-refractivity contribution >= 4 is 11.8 Å². The lowest BCUT2D eigenvalue weighted by molar-refractivity contribution is -0.135. The molecule has 3 rings (SSSR count). The van der Waals surface area contributed by atoms with Gasteiger partial charge >= 0.3 is 0 Å². The van der Waals surface area contributed by atoms with Gasteiger partial charge in [0.25, 0.3) is 5.91 Å². The number of amides is 2. The number of carbonyl (C=O) groups excluding carboxylic acids is 2. The molecule has 0 aromatic heterocycles. The minimum absolute atomic E-state index is 0.0464. The van der Waals surface area contributed by atoms with Crippen LogP contribution in [0.1, 0.15) is 35.3 Å². The second-order valence-corrected chi connectivity index (χ2v) is 6.95. The van der Waals surface area contributed by atoms with Crippen molar-refractivity contribution < 1.29 is 14.0 Å². The number of carbonyl (C=O) groups is 2. The lowest BCUT2D eigenvalue weighted by Crippen LogP contribution is -2.52. The summed E-state index contributed by atoms with van der Waals surface area (Å²) in [7, 11) is 0. The fourth-order valence-corrected chi connectivity index (χ4v) is 3.26. The Morgan fingerprint density at radius 1 is 1.04 bits per heavy atom. The van der Waals surface area contributed by atoms with Crippen molar-refractivity contribution in [2.45, 2.75) is 32.9 Å². The highest BCUT2D eigenvalue weighted by Gasteiger charge is 2.31. The molecule has 0 bridgehead atoms. The van der Waals surface area contributed by atoms with E-state index in [0.717, 1.165) is 12.0 Å². The zero-order chi connectivity index (χ0) is 18.7. The monoisotopic (exact) mass is 354 g/mol. The van der Waals surface area contributed by atoms with E-state index >= 15 is 0 Å². The second kappa shape index (κ2) is 7.68. The van der Waals surface area contributed by atoms with Gasteiger partial charge in [-0.25, -0.2) is 4.39 Å². The molecule has 0 aliphatic carbocycles. The Morgan fingerprint density at radius 2 is 1.69 bits per heavy atom. The van der Waals surface area contributed by atoms with Gasteiger partial charge in [-0.15, -0.1) is 0 Å². The van der Waals surface area contributed by atoms with Crippen molar-refractivity contribution in [3.63, 3.8) is 0 Å². The first kappa shape index (κ1) is 18.1. The summed E-state index contributed by atoms with van der Waals surface area (Å²) in [5, 5.41) is 2.72. The molecular weight excluding hydrogens is 331 g/mol. The summed E-state index contributed by atoms with van der Waals surface area (Å²) >= 11 is 0. The Morgan fingerprint density at radius 3 is 2.38 bits per heavy atom. The van der Waals surface area contributed by atoms with Crippen molar-refractivity contribution in [3.8, 4) is 0 Å². The van der Waals surface area contributed by atoms with E-state index in [-0.39, 0.29) is 17.4 Å². The summed E-state index contributed by atoms with van der Waals surface area (Å²) < 4.78 is 13.9. The highest BCUT2D eigenvalue weighted by molar-refractivity contribution is 5.97. The predicted molar refractivity (Wildman–Crippen MR) is 98.1 cm³/mol. The van der Waals surface area contributed by atoms with E-state index in [2.05, 4.69) is 11.4 Å². The summed E-state index contributed by atoms with van der Waals surface area (Å²) in [6.45, 7) is 4.91. The molecule has 1 unspecified atom stereocenters. The van der Waals surface area contributed by atoms with Crippen LogP contribution in [0.5, 0.6) is 0 Å². The van der Waals surface area contributed by atoms with Gasteiger partial charge in [0.05, 0.1) is 5.56 Å². The SMILES string of the molecule is CC(C)C(NC(=O)c1ccccc1F)C(=O)N1CCc2ccccc2C1. The van der Waals surface area contributed by atoms with Crippen LogP contribution >= 0.6 is 0 Å². The van der Waals surface area contributed by atoms with Gasteiger partial charge in [0, 0.05) is 13.1 Å². The smallest absolute Gasteiger partial charge is 0.254 e. The maximum absolute atomic E-state index is 13.9. The molecule has 2 aromatic rings. The van der Waals surface area contributed by atoms with Crippen LogP contribution < -0.4 is 5.32 Å². The van der Waals surface area contributed by atoms with Gasteiger partial charge in [-0.1, -0.05) is 50.2 Å². The van der Waals surface area contributed by atoms with Crippen LogP contribution in [0.15, 0.2) is 48.5 Å². The standard InChI is InChI=1S/C21H23FN2O2/c1-14(2)19(23-20(25)17-9-5-6-10-18(17)22)21(26)24-12-11-15-7-3-4-8-16(15)13-24/h3-10,14,19H,11-13H2,1-2H3,(H,23,25). The molecule has 5 heteroatoms. The largest absolute Gasteiger partial charge is 0.340 e. The molecular formula is C21H23FN2O2. The third-order valence-corrected chi connectivity index (χ3v) is 4.78. The van der Waals surface area contributed by atoms with Gasteiger partial charge in [-0.3, -0.25) is 9.59 Å². The zero-order valence-electron chi connectivity index (χ0n) is 15.0. The number of hydrogen-bond acceptors (Lipinski definition) is 2. The average molecular weight is 354 g/mol. The van der Waals surface area contributed by atoms with Crippen LogP contribution in [0.25, 0.3) is 0 Å². The molecule has 2 amide bonds. The number of benzene rings is 2. The zero-order valence-corrected chi connectivity index (χ0v) is 15.0. The lowest BCUT2D eigenvalue weighted by Gasteiger charge is -2.33. The fourth-order valence-electron chi connectivity index (χ4n) is 3.26. The van der Waals surface area contributed by atoms with Crippen LogP contribution in [0.2, 0.25) is 0 Å². The maximum atomic E-state index is 13.9. The van der Waals surface area contributed by atoms with E-state index in [1.807, 2.05) is 32.0 Å². The summed E-state index contributed by atoms with van der Waals surface area (Å²) in [4.78, 5) is 27.2. The quantitative estimate of drug-likeness (QED) is 0.917. The molecule has 1 atom stereocenters. The Bertz CT molecular complexity index is 819. The van der Waals surface area contributed by atoms with Gasteiger partial charge in [-0.2, -0.15) is 0 Å². The van der Waals surface area contributed by atoms with E-state index in [4.69, 9.17) is 0 Å². The molecule has 0 saturated heterocycles. The number of hydrogen-bond donors (Lipinski definition) is 1. The molecule has 1 aliphatic rings. The number of fused-ring (bicyclic) bond motifs is 1. The summed E-state index contributed by atoms with van der Waals surface area (Å²) in [5.41, 5.74) is 2.35. The van der Waals surface area contributed by atoms with E-state index in [1.54, 1.807) is 11.0 Å². The van der Waals surface area contributed by atoms with Gasteiger partial charge in [0.15, 0.2) is 0 Å². The van der Waals surface area contributed by atoms with Crippen LogP contribution in [0.4, 0.5) is 4.39 Å². The third kappa shape index (κ3) is 3.77. The van der Waals surface area contributed by atoms with Crippen molar-refractivity contribution in [3.05, 3.63) is 71.0 Å². The summed E-state index contributed by atoms with van der Waals surface area (Å²) in [6.07, 6.45) is 0.800. The Hall–Kier alpha value is -2.69. The first-order valence-electron chi connectivity index (χ1n) is 8.88.